The number of hydrogen-bond acceptors (Lipinski definition) is 3. The van der Waals surface area contributed by atoms with Crippen molar-refractivity contribution in [1.29, 1.82) is 0 Å². The van der Waals surface area contributed by atoms with Crippen molar-refractivity contribution in [2.75, 3.05) is 6.54 Å². The lowest BCUT2D eigenvalue weighted by Gasteiger charge is -2.27. The van der Waals surface area contributed by atoms with E-state index in [2.05, 4.69) is 4.74 Å². The fourth-order valence-corrected chi connectivity index (χ4v) is 1.88. The number of alkyl halides is 3. The van der Waals surface area contributed by atoms with Crippen LogP contribution in [0.1, 0.15) is 25.8 Å². The van der Waals surface area contributed by atoms with E-state index < -0.39 is 12.3 Å². The van der Waals surface area contributed by atoms with E-state index in [0.29, 0.717) is 12.0 Å². The molecule has 0 saturated carbocycles. The molecule has 7 heteroatoms. The summed E-state index contributed by atoms with van der Waals surface area (Å²) in [5.41, 5.74) is 0.302. The lowest BCUT2D eigenvalue weighted by Crippen LogP contribution is -2.36. The van der Waals surface area contributed by atoms with Gasteiger partial charge in [-0.2, -0.15) is 0 Å². The molecule has 1 aromatic rings. The van der Waals surface area contributed by atoms with Gasteiger partial charge in [-0.05, 0) is 19.4 Å². The number of para-hydroxylation sites is 1. The number of carbonyl (C=O) groups is 1. The Kier molecular flexibility index (Phi) is 6.02. The molecule has 0 spiro atoms. The molecule has 1 atom stereocenters. The Bertz CT molecular complexity index is 477. The fourth-order valence-electron chi connectivity index (χ4n) is 1.88. The first-order valence-electron chi connectivity index (χ1n) is 6.52. The maximum Gasteiger partial charge on any atom is 0.573 e. The maximum atomic E-state index is 12.4. The smallest absolute Gasteiger partial charge is 0.480 e. The van der Waals surface area contributed by atoms with E-state index in [-0.39, 0.29) is 24.9 Å². The first-order valence-corrected chi connectivity index (χ1v) is 6.52. The van der Waals surface area contributed by atoms with Crippen LogP contribution in [0, 0.1) is 0 Å². The van der Waals surface area contributed by atoms with Gasteiger partial charge in [0.05, 0.1) is 6.54 Å². The monoisotopic (exact) mass is 305 g/mol. The lowest BCUT2D eigenvalue weighted by molar-refractivity contribution is -0.275. The van der Waals surface area contributed by atoms with Gasteiger partial charge >= 0.3 is 12.3 Å². The molecular formula is C14H18F3NO3. The van der Waals surface area contributed by atoms with Crippen molar-refractivity contribution in [3.63, 3.8) is 0 Å². The highest BCUT2D eigenvalue weighted by Gasteiger charge is 2.32. The van der Waals surface area contributed by atoms with Gasteiger partial charge in [-0.1, -0.05) is 25.1 Å². The Labute approximate surface area is 121 Å². The highest BCUT2D eigenvalue weighted by atomic mass is 19.4. The topological polar surface area (TPSA) is 49.8 Å². The third kappa shape index (κ3) is 6.03. The van der Waals surface area contributed by atoms with Crippen molar-refractivity contribution in [3.05, 3.63) is 29.8 Å². The summed E-state index contributed by atoms with van der Waals surface area (Å²) >= 11 is 0. The zero-order valence-corrected chi connectivity index (χ0v) is 11.9. The Hall–Kier alpha value is -1.76. The number of rotatable bonds is 7. The van der Waals surface area contributed by atoms with E-state index in [1.54, 1.807) is 11.0 Å². The molecular weight excluding hydrogens is 287 g/mol. The molecule has 0 aliphatic heterocycles. The number of hydrogen-bond donors (Lipinski definition) is 1. The summed E-state index contributed by atoms with van der Waals surface area (Å²) in [7, 11) is 0. The van der Waals surface area contributed by atoms with Gasteiger partial charge in [0.15, 0.2) is 0 Å². The van der Waals surface area contributed by atoms with Crippen LogP contribution in [0.3, 0.4) is 0 Å². The average molecular weight is 305 g/mol. The number of ether oxygens (including phenoxy) is 1. The number of halogens is 3. The third-order valence-corrected chi connectivity index (χ3v) is 3.12. The number of carboxylic acid groups (broad SMARTS) is 1. The quantitative estimate of drug-likeness (QED) is 0.840. The molecule has 0 heterocycles. The summed E-state index contributed by atoms with van der Waals surface area (Å²) in [5, 5.41) is 8.91. The van der Waals surface area contributed by atoms with Crippen LogP contribution in [-0.2, 0) is 11.3 Å². The third-order valence-electron chi connectivity index (χ3n) is 3.12. The summed E-state index contributed by atoms with van der Waals surface area (Å²) < 4.78 is 41.1. The van der Waals surface area contributed by atoms with Gasteiger partial charge < -0.3 is 9.84 Å². The van der Waals surface area contributed by atoms with Gasteiger partial charge in [0, 0.05) is 18.2 Å². The average Bonchev–Trinajstić information content (AvgIpc) is 2.37. The minimum absolute atomic E-state index is 0.0694. The Morgan fingerprint density at radius 2 is 2.00 bits per heavy atom. The van der Waals surface area contributed by atoms with E-state index in [0.717, 1.165) is 0 Å². The molecule has 0 aliphatic rings. The number of nitrogens with zero attached hydrogens (tertiary/aromatic N) is 1. The van der Waals surface area contributed by atoms with Crippen LogP contribution in [0.15, 0.2) is 24.3 Å². The molecule has 0 aromatic heterocycles. The van der Waals surface area contributed by atoms with Crippen molar-refractivity contribution in [3.8, 4) is 5.75 Å². The fraction of sp³-hybridized carbons (Fsp3) is 0.500. The maximum absolute atomic E-state index is 12.4. The van der Waals surface area contributed by atoms with E-state index in [1.807, 2.05) is 13.8 Å². The Balaban J connectivity index is 2.95. The van der Waals surface area contributed by atoms with Gasteiger partial charge in [0.2, 0.25) is 0 Å². The zero-order chi connectivity index (χ0) is 16.0. The Morgan fingerprint density at radius 3 is 2.52 bits per heavy atom. The summed E-state index contributed by atoms with van der Waals surface area (Å²) in [6, 6.07) is 5.68. The highest BCUT2D eigenvalue weighted by molar-refractivity contribution is 5.69. The molecule has 0 radical (unpaired) electrons. The van der Waals surface area contributed by atoms with Gasteiger partial charge in [-0.3, -0.25) is 9.69 Å². The molecule has 1 aromatic carbocycles. The molecule has 0 bridgehead atoms. The van der Waals surface area contributed by atoms with E-state index in [9.17, 15) is 18.0 Å². The van der Waals surface area contributed by atoms with Gasteiger partial charge in [0.25, 0.3) is 0 Å². The standard InChI is InChI=1S/C14H18F3NO3/c1-3-10(2)18(9-13(19)20)8-11-6-4-5-7-12(11)21-14(15,16)17/h4-7,10H,3,8-9H2,1-2H3,(H,19,20). The largest absolute Gasteiger partial charge is 0.573 e. The second kappa shape index (κ2) is 7.31. The normalized spacial score (nSPS) is 13.2. The molecule has 0 saturated heterocycles. The molecule has 21 heavy (non-hydrogen) atoms. The molecule has 0 fully saturated rings. The summed E-state index contributed by atoms with van der Waals surface area (Å²) in [5.74, 6) is -1.33. The minimum Gasteiger partial charge on any atom is -0.480 e. The van der Waals surface area contributed by atoms with Crippen molar-refractivity contribution in [2.24, 2.45) is 0 Å². The molecule has 0 amide bonds. The lowest BCUT2D eigenvalue weighted by atomic mass is 10.1. The molecule has 118 valence electrons. The minimum atomic E-state index is -4.77. The van der Waals surface area contributed by atoms with Crippen LogP contribution in [0.5, 0.6) is 5.75 Å². The van der Waals surface area contributed by atoms with Crippen molar-refractivity contribution in [1.82, 2.24) is 4.90 Å². The van der Waals surface area contributed by atoms with Crippen molar-refractivity contribution < 1.29 is 27.8 Å². The van der Waals surface area contributed by atoms with Gasteiger partial charge in [0.1, 0.15) is 5.75 Å². The summed E-state index contributed by atoms with van der Waals surface area (Å²) in [6.45, 7) is 3.55. The second-order valence-electron chi connectivity index (χ2n) is 4.71. The van der Waals surface area contributed by atoms with Crippen molar-refractivity contribution >= 4 is 5.97 Å². The predicted molar refractivity (Wildman–Crippen MR) is 70.9 cm³/mol. The molecule has 1 unspecified atom stereocenters. The number of carboxylic acids is 1. The van der Waals surface area contributed by atoms with E-state index in [1.165, 1.54) is 18.2 Å². The molecule has 0 aliphatic carbocycles. The number of aliphatic carboxylic acids is 1. The summed E-state index contributed by atoms with van der Waals surface area (Å²) in [4.78, 5) is 12.5. The Morgan fingerprint density at radius 1 is 1.38 bits per heavy atom. The van der Waals surface area contributed by atoms with Crippen LogP contribution in [0.2, 0.25) is 0 Å². The van der Waals surface area contributed by atoms with Gasteiger partial charge in [-0.15, -0.1) is 13.2 Å². The molecule has 4 nitrogen and oxygen atoms in total. The van der Waals surface area contributed by atoms with Crippen LogP contribution in [0.25, 0.3) is 0 Å². The first-order chi connectivity index (χ1) is 9.73. The van der Waals surface area contributed by atoms with E-state index in [4.69, 9.17) is 5.11 Å². The van der Waals surface area contributed by atoms with Crippen LogP contribution < -0.4 is 4.74 Å². The first kappa shape index (κ1) is 17.3. The van der Waals surface area contributed by atoms with Crippen LogP contribution >= 0.6 is 0 Å². The van der Waals surface area contributed by atoms with Gasteiger partial charge in [-0.25, -0.2) is 0 Å². The van der Waals surface area contributed by atoms with Crippen LogP contribution in [0.4, 0.5) is 13.2 Å². The zero-order valence-electron chi connectivity index (χ0n) is 11.9. The van der Waals surface area contributed by atoms with Crippen molar-refractivity contribution in [2.45, 2.75) is 39.2 Å². The predicted octanol–water partition coefficient (Wildman–Crippen LogP) is 3.27. The number of benzene rings is 1. The highest BCUT2D eigenvalue weighted by Crippen LogP contribution is 2.27. The van der Waals surface area contributed by atoms with Crippen LogP contribution in [-0.4, -0.2) is 34.9 Å². The SMILES string of the molecule is CCC(C)N(CC(=O)O)Cc1ccccc1OC(F)(F)F. The second-order valence-corrected chi connectivity index (χ2v) is 4.71. The van der Waals surface area contributed by atoms with E-state index >= 15 is 0 Å². The molecule has 1 N–H and O–H groups in total. The molecule has 1 rings (SSSR count). The summed E-state index contributed by atoms with van der Waals surface area (Å²) in [6.07, 6.45) is -4.08.